The first-order valence-corrected chi connectivity index (χ1v) is 6.99. The van der Waals surface area contributed by atoms with Crippen molar-refractivity contribution in [2.45, 2.75) is 26.0 Å². The molecule has 2 N–H and O–H groups in total. The molecule has 96 valence electrons. The number of benzene rings is 1. The third-order valence-electron chi connectivity index (χ3n) is 2.98. The van der Waals surface area contributed by atoms with Gasteiger partial charge in [-0.25, -0.2) is 0 Å². The fourth-order valence-corrected chi connectivity index (χ4v) is 2.94. The lowest BCUT2D eigenvalue weighted by atomic mass is 10.1. The van der Waals surface area contributed by atoms with E-state index in [2.05, 4.69) is 43.3 Å². The van der Waals surface area contributed by atoms with E-state index in [1.807, 2.05) is 0 Å². The molecule has 0 aliphatic rings. The summed E-state index contributed by atoms with van der Waals surface area (Å²) in [4.78, 5) is 2.53. The van der Waals surface area contributed by atoms with Gasteiger partial charge in [0.15, 0.2) is 0 Å². The molecule has 2 nitrogen and oxygen atoms in total. The molecule has 0 amide bonds. The van der Waals surface area contributed by atoms with E-state index in [1.165, 1.54) is 20.9 Å². The summed E-state index contributed by atoms with van der Waals surface area (Å²) in [7, 11) is 1.71. The maximum atomic E-state index is 6.04. The minimum absolute atomic E-state index is 0.163. The van der Waals surface area contributed by atoms with Gasteiger partial charge in [0.05, 0.1) is 6.61 Å². The number of rotatable bonds is 5. The van der Waals surface area contributed by atoms with E-state index in [1.54, 1.807) is 18.4 Å². The minimum Gasteiger partial charge on any atom is -0.380 e. The first-order chi connectivity index (χ1) is 8.74. The quantitative estimate of drug-likeness (QED) is 0.883. The van der Waals surface area contributed by atoms with Crippen molar-refractivity contribution in [1.29, 1.82) is 0 Å². The van der Waals surface area contributed by atoms with Crippen LogP contribution in [0.4, 0.5) is 0 Å². The first-order valence-electron chi connectivity index (χ1n) is 6.18. The monoisotopic (exact) mass is 261 g/mol. The van der Waals surface area contributed by atoms with Crippen molar-refractivity contribution in [2.24, 2.45) is 5.73 Å². The zero-order valence-corrected chi connectivity index (χ0v) is 11.7. The van der Waals surface area contributed by atoms with E-state index in [-0.39, 0.29) is 6.04 Å². The van der Waals surface area contributed by atoms with Crippen LogP contribution in [0.1, 0.15) is 29.8 Å². The van der Waals surface area contributed by atoms with Crippen LogP contribution in [0.3, 0.4) is 0 Å². The van der Waals surface area contributed by atoms with Crippen LogP contribution in [0.25, 0.3) is 10.4 Å². The van der Waals surface area contributed by atoms with Gasteiger partial charge in [0.25, 0.3) is 0 Å². The zero-order chi connectivity index (χ0) is 13.0. The molecule has 0 saturated carbocycles. The topological polar surface area (TPSA) is 35.2 Å². The Labute approximate surface area is 112 Å². The predicted octanol–water partition coefficient (Wildman–Crippen LogP) is 3.97. The van der Waals surface area contributed by atoms with Gasteiger partial charge in [0.1, 0.15) is 0 Å². The van der Waals surface area contributed by atoms with E-state index in [4.69, 9.17) is 10.5 Å². The number of nitrogens with two attached hydrogens (primary N) is 1. The molecule has 2 rings (SSSR count). The number of hydrogen-bond acceptors (Lipinski definition) is 3. The van der Waals surface area contributed by atoms with Crippen molar-refractivity contribution in [3.63, 3.8) is 0 Å². The van der Waals surface area contributed by atoms with Crippen LogP contribution in [0.2, 0.25) is 0 Å². The minimum atomic E-state index is 0.163. The molecule has 18 heavy (non-hydrogen) atoms. The highest BCUT2D eigenvalue weighted by atomic mass is 32.1. The second-order valence-electron chi connectivity index (χ2n) is 4.35. The lowest BCUT2D eigenvalue weighted by Crippen LogP contribution is -2.05. The zero-order valence-electron chi connectivity index (χ0n) is 10.8. The maximum Gasteiger partial charge on any atom is 0.0713 e. The molecular formula is C15H19NOS. The molecular weight excluding hydrogens is 242 g/mol. The molecule has 0 spiro atoms. The summed E-state index contributed by atoms with van der Waals surface area (Å²) in [5, 5.41) is 0. The van der Waals surface area contributed by atoms with Gasteiger partial charge in [-0.3, -0.25) is 0 Å². The van der Waals surface area contributed by atoms with E-state index in [0.717, 1.165) is 6.42 Å². The summed E-state index contributed by atoms with van der Waals surface area (Å²) in [5.41, 5.74) is 8.49. The molecule has 3 heteroatoms. The summed E-state index contributed by atoms with van der Waals surface area (Å²) >= 11 is 1.78. The average molecular weight is 261 g/mol. The Morgan fingerprint density at radius 2 is 1.89 bits per heavy atom. The molecule has 1 aromatic carbocycles. The second-order valence-corrected chi connectivity index (χ2v) is 5.46. The summed E-state index contributed by atoms with van der Waals surface area (Å²) in [6.45, 7) is 2.78. The molecule has 0 radical (unpaired) electrons. The van der Waals surface area contributed by atoms with Gasteiger partial charge in [0, 0.05) is 22.9 Å². The highest BCUT2D eigenvalue weighted by Gasteiger charge is 2.08. The molecule has 0 aliphatic carbocycles. The Kier molecular flexibility index (Phi) is 4.53. The SMILES string of the molecule is CCC(N)c1ccc(-c2ccc(COC)cc2)s1. The van der Waals surface area contributed by atoms with Gasteiger partial charge >= 0.3 is 0 Å². The van der Waals surface area contributed by atoms with E-state index < -0.39 is 0 Å². The van der Waals surface area contributed by atoms with Gasteiger partial charge in [0.2, 0.25) is 0 Å². The molecule has 0 aliphatic heterocycles. The fraction of sp³-hybridized carbons (Fsp3) is 0.333. The Hall–Kier alpha value is -1.16. The van der Waals surface area contributed by atoms with Crippen molar-refractivity contribution in [1.82, 2.24) is 0 Å². The Morgan fingerprint density at radius 1 is 1.17 bits per heavy atom. The van der Waals surface area contributed by atoms with Crippen molar-refractivity contribution in [3.8, 4) is 10.4 Å². The van der Waals surface area contributed by atoms with Gasteiger partial charge in [-0.1, -0.05) is 31.2 Å². The largest absolute Gasteiger partial charge is 0.380 e. The van der Waals surface area contributed by atoms with Crippen LogP contribution in [-0.2, 0) is 11.3 Å². The standard InChI is InChI=1S/C15H19NOS/c1-3-13(16)15-9-8-14(18-15)12-6-4-11(5-7-12)10-17-2/h4-9,13H,3,10,16H2,1-2H3. The van der Waals surface area contributed by atoms with Crippen molar-refractivity contribution in [2.75, 3.05) is 7.11 Å². The van der Waals surface area contributed by atoms with Crippen LogP contribution in [0.15, 0.2) is 36.4 Å². The molecule has 0 bridgehead atoms. The van der Waals surface area contributed by atoms with Gasteiger partial charge in [-0.15, -0.1) is 11.3 Å². The summed E-state index contributed by atoms with van der Waals surface area (Å²) in [5.74, 6) is 0. The molecule has 0 saturated heterocycles. The Balaban J connectivity index is 2.18. The lowest BCUT2D eigenvalue weighted by molar-refractivity contribution is 0.185. The molecule has 1 atom stereocenters. The number of methoxy groups -OCH3 is 1. The molecule has 1 aromatic heterocycles. The smallest absolute Gasteiger partial charge is 0.0713 e. The highest BCUT2D eigenvalue weighted by Crippen LogP contribution is 2.31. The maximum absolute atomic E-state index is 6.04. The van der Waals surface area contributed by atoms with E-state index in [9.17, 15) is 0 Å². The molecule has 2 aromatic rings. The van der Waals surface area contributed by atoms with Crippen molar-refractivity contribution < 1.29 is 4.74 Å². The number of thiophene rings is 1. The van der Waals surface area contributed by atoms with Crippen LogP contribution in [0, 0.1) is 0 Å². The van der Waals surface area contributed by atoms with Crippen LogP contribution in [-0.4, -0.2) is 7.11 Å². The summed E-state index contributed by atoms with van der Waals surface area (Å²) < 4.78 is 5.11. The highest BCUT2D eigenvalue weighted by molar-refractivity contribution is 7.15. The van der Waals surface area contributed by atoms with Gasteiger partial charge in [-0.05, 0) is 29.7 Å². The van der Waals surface area contributed by atoms with Crippen LogP contribution < -0.4 is 5.73 Å². The van der Waals surface area contributed by atoms with Gasteiger partial charge in [-0.2, -0.15) is 0 Å². The molecule has 1 unspecified atom stereocenters. The normalized spacial score (nSPS) is 12.6. The third-order valence-corrected chi connectivity index (χ3v) is 4.25. The van der Waals surface area contributed by atoms with E-state index >= 15 is 0 Å². The van der Waals surface area contributed by atoms with Gasteiger partial charge < -0.3 is 10.5 Å². The van der Waals surface area contributed by atoms with E-state index in [0.29, 0.717) is 6.61 Å². The molecule has 1 heterocycles. The summed E-state index contributed by atoms with van der Waals surface area (Å²) in [6, 6.07) is 13.0. The van der Waals surface area contributed by atoms with Crippen molar-refractivity contribution in [3.05, 3.63) is 46.8 Å². The third kappa shape index (κ3) is 2.99. The van der Waals surface area contributed by atoms with Crippen LogP contribution in [0.5, 0.6) is 0 Å². The van der Waals surface area contributed by atoms with Crippen molar-refractivity contribution >= 4 is 11.3 Å². The fourth-order valence-electron chi connectivity index (χ4n) is 1.84. The second kappa shape index (κ2) is 6.14. The summed E-state index contributed by atoms with van der Waals surface area (Å²) in [6.07, 6.45) is 0.979. The van der Waals surface area contributed by atoms with Crippen LogP contribution >= 0.6 is 11.3 Å². The number of hydrogen-bond donors (Lipinski definition) is 1. The lowest BCUT2D eigenvalue weighted by Gasteiger charge is -2.04. The number of ether oxygens (including phenoxy) is 1. The Bertz CT molecular complexity index is 489. The average Bonchev–Trinajstić information content (AvgIpc) is 2.89. The predicted molar refractivity (Wildman–Crippen MR) is 77.7 cm³/mol. The Morgan fingerprint density at radius 3 is 2.50 bits per heavy atom. The first kappa shape index (κ1) is 13.3. The molecule has 0 fully saturated rings.